The molecule has 0 fully saturated rings. The van der Waals surface area contributed by atoms with Crippen LogP contribution in [0, 0.1) is 10.1 Å². The van der Waals surface area contributed by atoms with Crippen LogP contribution in [0.1, 0.15) is 18.7 Å². The van der Waals surface area contributed by atoms with Gasteiger partial charge in [-0.1, -0.05) is 0 Å². The average molecular weight is 341 g/mol. The van der Waals surface area contributed by atoms with Gasteiger partial charge in [0.05, 0.1) is 29.8 Å². The van der Waals surface area contributed by atoms with Crippen molar-refractivity contribution in [3.05, 3.63) is 50.9 Å². The van der Waals surface area contributed by atoms with Gasteiger partial charge in [-0.2, -0.15) is 0 Å². The number of methoxy groups -OCH3 is 1. The van der Waals surface area contributed by atoms with Gasteiger partial charge >= 0.3 is 0 Å². The number of non-ortho nitro benzene ring substituents is 1. The Morgan fingerprint density at radius 1 is 1.40 bits per heavy atom. The Morgan fingerprint density at radius 2 is 2.15 bits per heavy atom. The van der Waals surface area contributed by atoms with Gasteiger partial charge in [0, 0.05) is 6.07 Å². The smallest absolute Gasteiger partial charge is 0.273 e. The van der Waals surface area contributed by atoms with Gasteiger partial charge in [-0.15, -0.1) is 0 Å². The van der Waals surface area contributed by atoms with E-state index in [1.165, 1.54) is 19.2 Å². The van der Waals surface area contributed by atoms with Crippen LogP contribution in [-0.2, 0) is 0 Å². The normalized spacial score (nSPS) is 11.9. The maximum atomic E-state index is 10.7. The van der Waals surface area contributed by atoms with E-state index >= 15 is 0 Å². The number of nitrogens with zero attached hydrogens (tertiary/aromatic N) is 1. The third-order valence-electron chi connectivity index (χ3n) is 2.79. The lowest BCUT2D eigenvalue weighted by Crippen LogP contribution is -2.07. The Morgan fingerprint density at radius 3 is 2.70 bits per heavy atom. The van der Waals surface area contributed by atoms with Gasteiger partial charge in [-0.3, -0.25) is 10.1 Å². The van der Waals surface area contributed by atoms with E-state index in [9.17, 15) is 10.1 Å². The van der Waals surface area contributed by atoms with Crippen LogP contribution in [0.2, 0.25) is 0 Å². The molecule has 0 aliphatic heterocycles. The van der Waals surface area contributed by atoms with E-state index in [4.69, 9.17) is 9.15 Å². The number of furan rings is 1. The summed E-state index contributed by atoms with van der Waals surface area (Å²) in [5.41, 5.74) is 0.652. The molecular weight excluding hydrogens is 328 g/mol. The molecule has 0 saturated heterocycles. The molecule has 0 aliphatic rings. The molecule has 0 amide bonds. The molecule has 2 aromatic rings. The minimum Gasteiger partial charge on any atom is -0.494 e. The number of rotatable bonds is 5. The molecule has 0 spiro atoms. The van der Waals surface area contributed by atoms with Crippen LogP contribution in [-0.4, -0.2) is 12.0 Å². The Hall–Kier alpha value is -2.02. The summed E-state index contributed by atoms with van der Waals surface area (Å²) >= 11 is 3.25. The van der Waals surface area contributed by atoms with Crippen LogP contribution in [0.3, 0.4) is 0 Å². The fourth-order valence-corrected chi connectivity index (χ4v) is 2.10. The summed E-state index contributed by atoms with van der Waals surface area (Å²) in [4.78, 5) is 10.3. The van der Waals surface area contributed by atoms with Gasteiger partial charge < -0.3 is 14.5 Å². The second-order valence-corrected chi connectivity index (χ2v) is 4.93. The van der Waals surface area contributed by atoms with E-state index in [1.54, 1.807) is 12.1 Å². The summed E-state index contributed by atoms with van der Waals surface area (Å²) in [5.74, 6) is 1.16. The number of benzene rings is 1. The van der Waals surface area contributed by atoms with Crippen molar-refractivity contribution in [3.63, 3.8) is 0 Å². The van der Waals surface area contributed by atoms with Crippen LogP contribution >= 0.6 is 15.9 Å². The van der Waals surface area contributed by atoms with Crippen molar-refractivity contribution in [2.24, 2.45) is 0 Å². The minimum absolute atomic E-state index is 0.0132. The summed E-state index contributed by atoms with van der Waals surface area (Å²) in [6.07, 6.45) is 0. The molecular formula is C13H13BrN2O4. The van der Waals surface area contributed by atoms with E-state index < -0.39 is 4.92 Å². The van der Waals surface area contributed by atoms with Crippen LogP contribution in [0.15, 0.2) is 39.4 Å². The number of hydrogen-bond donors (Lipinski definition) is 1. The summed E-state index contributed by atoms with van der Waals surface area (Å²) in [6.45, 7) is 1.92. The first-order chi connectivity index (χ1) is 9.51. The second kappa shape index (κ2) is 5.96. The third kappa shape index (κ3) is 3.11. The molecule has 7 heteroatoms. The summed E-state index contributed by atoms with van der Waals surface area (Å²) in [5, 5.41) is 13.9. The van der Waals surface area contributed by atoms with E-state index in [1.807, 2.05) is 13.0 Å². The first-order valence-electron chi connectivity index (χ1n) is 5.85. The van der Waals surface area contributed by atoms with E-state index in [0.29, 0.717) is 16.1 Å². The quantitative estimate of drug-likeness (QED) is 0.653. The zero-order valence-electron chi connectivity index (χ0n) is 10.9. The molecule has 20 heavy (non-hydrogen) atoms. The lowest BCUT2D eigenvalue weighted by molar-refractivity contribution is -0.384. The molecule has 1 atom stereocenters. The van der Waals surface area contributed by atoms with Crippen molar-refractivity contribution in [2.45, 2.75) is 13.0 Å². The standard InChI is InChI=1S/C13H13BrN2O4/c1-8(11-5-6-13(14)20-11)15-10-4-3-9(16(17)18)7-12(10)19-2/h3-8,15H,1-2H3. The maximum Gasteiger partial charge on any atom is 0.273 e. The molecule has 0 saturated carbocycles. The molecule has 1 N–H and O–H groups in total. The molecule has 0 aliphatic carbocycles. The number of halogens is 1. The van der Waals surface area contributed by atoms with Gasteiger partial charge in [-0.05, 0) is 41.1 Å². The van der Waals surface area contributed by atoms with E-state index in [0.717, 1.165) is 5.76 Å². The topological polar surface area (TPSA) is 77.5 Å². The van der Waals surface area contributed by atoms with Gasteiger partial charge in [0.15, 0.2) is 4.67 Å². The first kappa shape index (κ1) is 14.4. The SMILES string of the molecule is COc1cc([N+](=O)[O-])ccc1NC(C)c1ccc(Br)o1. The first-order valence-corrected chi connectivity index (χ1v) is 6.64. The fourth-order valence-electron chi connectivity index (χ4n) is 1.78. The van der Waals surface area contributed by atoms with Crippen molar-refractivity contribution in [2.75, 3.05) is 12.4 Å². The van der Waals surface area contributed by atoms with Crippen molar-refractivity contribution < 1.29 is 14.1 Å². The molecule has 6 nitrogen and oxygen atoms in total. The van der Waals surface area contributed by atoms with E-state index in [2.05, 4.69) is 21.2 Å². The zero-order valence-corrected chi connectivity index (χ0v) is 12.5. The lowest BCUT2D eigenvalue weighted by atomic mass is 10.2. The highest BCUT2D eigenvalue weighted by Gasteiger charge is 2.15. The van der Waals surface area contributed by atoms with Crippen LogP contribution in [0.25, 0.3) is 0 Å². The Kier molecular flexibility index (Phi) is 4.29. The molecule has 2 rings (SSSR count). The predicted octanol–water partition coefficient (Wildman–Crippen LogP) is 4.13. The molecule has 1 aromatic carbocycles. The maximum absolute atomic E-state index is 10.7. The molecule has 0 radical (unpaired) electrons. The van der Waals surface area contributed by atoms with Crippen LogP contribution < -0.4 is 10.1 Å². The number of hydrogen-bond acceptors (Lipinski definition) is 5. The van der Waals surface area contributed by atoms with Gasteiger partial charge in [0.1, 0.15) is 11.5 Å². The molecule has 1 heterocycles. The monoisotopic (exact) mass is 340 g/mol. The summed E-state index contributed by atoms with van der Waals surface area (Å²) < 4.78 is 11.3. The third-order valence-corrected chi connectivity index (χ3v) is 3.21. The number of nitro groups is 1. The summed E-state index contributed by atoms with van der Waals surface area (Å²) in [7, 11) is 1.47. The van der Waals surface area contributed by atoms with Crippen molar-refractivity contribution >= 4 is 27.3 Å². The molecule has 106 valence electrons. The van der Waals surface area contributed by atoms with Crippen molar-refractivity contribution in [3.8, 4) is 5.75 Å². The molecule has 1 aromatic heterocycles. The predicted molar refractivity (Wildman–Crippen MR) is 78.1 cm³/mol. The highest BCUT2D eigenvalue weighted by molar-refractivity contribution is 9.10. The Bertz CT molecular complexity index is 627. The largest absolute Gasteiger partial charge is 0.494 e. The van der Waals surface area contributed by atoms with Crippen molar-refractivity contribution in [1.29, 1.82) is 0 Å². The molecule has 0 bridgehead atoms. The second-order valence-electron chi connectivity index (χ2n) is 4.15. The average Bonchev–Trinajstić information content (AvgIpc) is 2.85. The van der Waals surface area contributed by atoms with Gasteiger partial charge in [0.2, 0.25) is 0 Å². The molecule has 1 unspecified atom stereocenters. The number of nitro benzene ring substituents is 1. The minimum atomic E-state index is -0.459. The van der Waals surface area contributed by atoms with Gasteiger partial charge in [0.25, 0.3) is 5.69 Å². The van der Waals surface area contributed by atoms with E-state index in [-0.39, 0.29) is 11.7 Å². The number of ether oxygens (including phenoxy) is 1. The van der Waals surface area contributed by atoms with Crippen LogP contribution in [0.5, 0.6) is 5.75 Å². The summed E-state index contributed by atoms with van der Waals surface area (Å²) in [6, 6.07) is 7.98. The van der Waals surface area contributed by atoms with Gasteiger partial charge in [-0.25, -0.2) is 0 Å². The fraction of sp³-hybridized carbons (Fsp3) is 0.231. The van der Waals surface area contributed by atoms with Crippen molar-refractivity contribution in [1.82, 2.24) is 0 Å². The van der Waals surface area contributed by atoms with Crippen LogP contribution in [0.4, 0.5) is 11.4 Å². The Labute approximate surface area is 124 Å². The number of nitrogens with one attached hydrogen (secondary N) is 1. The zero-order chi connectivity index (χ0) is 14.7. The highest BCUT2D eigenvalue weighted by Crippen LogP contribution is 2.32. The Balaban J connectivity index is 2.22. The lowest BCUT2D eigenvalue weighted by Gasteiger charge is -2.15. The number of anilines is 1. The highest BCUT2D eigenvalue weighted by atomic mass is 79.9.